The minimum absolute atomic E-state index is 0.421. The molecule has 0 radical (unpaired) electrons. The van der Waals surface area contributed by atoms with Crippen LogP contribution in [0.5, 0.6) is 0 Å². The highest BCUT2D eigenvalue weighted by molar-refractivity contribution is 5.22. The molecule has 0 atom stereocenters. The Morgan fingerprint density at radius 1 is 1.18 bits per heavy atom. The second-order valence-electron chi connectivity index (χ2n) is 4.21. The lowest BCUT2D eigenvalue weighted by molar-refractivity contribution is -0.0428. The molecule has 2 rings (SSSR count). The Bertz CT molecular complexity index is 376. The molecule has 1 fully saturated rings. The quantitative estimate of drug-likeness (QED) is 0.872. The number of rotatable bonds is 3. The van der Waals surface area contributed by atoms with Crippen LogP contribution in [0.1, 0.15) is 5.56 Å². The van der Waals surface area contributed by atoms with Crippen molar-refractivity contribution in [2.24, 2.45) is 0 Å². The van der Waals surface area contributed by atoms with Crippen LogP contribution in [0, 0.1) is 5.82 Å². The summed E-state index contributed by atoms with van der Waals surface area (Å²) in [7, 11) is 0. The Balaban J connectivity index is 2.10. The molecule has 0 aliphatic carbocycles. The number of hydrogen-bond acceptors (Lipinski definition) is 2. The van der Waals surface area contributed by atoms with Crippen LogP contribution in [0.3, 0.4) is 0 Å². The molecule has 1 heterocycles. The van der Waals surface area contributed by atoms with Crippen molar-refractivity contribution in [3.05, 3.63) is 35.6 Å². The van der Waals surface area contributed by atoms with Crippen LogP contribution in [0.2, 0.25) is 0 Å². The molecule has 1 aliphatic rings. The van der Waals surface area contributed by atoms with E-state index in [2.05, 4.69) is 5.32 Å². The Labute approximate surface area is 98.4 Å². The zero-order valence-corrected chi connectivity index (χ0v) is 9.43. The summed E-state index contributed by atoms with van der Waals surface area (Å²) in [6, 6.07) is 5.07. The van der Waals surface area contributed by atoms with Gasteiger partial charge in [0.25, 0.3) is 5.92 Å². The lowest BCUT2D eigenvalue weighted by Gasteiger charge is -2.30. The van der Waals surface area contributed by atoms with Crippen LogP contribution in [0.15, 0.2) is 24.3 Å². The topological polar surface area (TPSA) is 15.3 Å². The zero-order valence-electron chi connectivity index (χ0n) is 9.43. The zero-order chi connectivity index (χ0) is 12.3. The van der Waals surface area contributed by atoms with Crippen molar-refractivity contribution in [2.45, 2.75) is 5.92 Å². The van der Waals surface area contributed by atoms with Crippen LogP contribution in [-0.2, 0) is 5.92 Å². The molecular formula is C12H15F3N2. The summed E-state index contributed by atoms with van der Waals surface area (Å²) in [6.45, 7) is 2.13. The van der Waals surface area contributed by atoms with Crippen LogP contribution < -0.4 is 5.32 Å². The first kappa shape index (κ1) is 12.4. The van der Waals surface area contributed by atoms with E-state index < -0.39 is 23.8 Å². The fraction of sp³-hybridized carbons (Fsp3) is 0.500. The van der Waals surface area contributed by atoms with Crippen molar-refractivity contribution in [3.63, 3.8) is 0 Å². The number of halogens is 3. The molecule has 0 bridgehead atoms. The van der Waals surface area contributed by atoms with Gasteiger partial charge in [-0.05, 0) is 6.07 Å². The van der Waals surface area contributed by atoms with E-state index in [4.69, 9.17) is 0 Å². The van der Waals surface area contributed by atoms with Crippen molar-refractivity contribution < 1.29 is 13.2 Å². The number of nitrogens with zero attached hydrogens (tertiary/aromatic N) is 1. The Morgan fingerprint density at radius 3 is 2.47 bits per heavy atom. The van der Waals surface area contributed by atoms with Gasteiger partial charge in [-0.1, -0.05) is 18.2 Å². The van der Waals surface area contributed by atoms with Gasteiger partial charge in [0.15, 0.2) is 0 Å². The predicted octanol–water partition coefficient (Wildman–Crippen LogP) is 1.82. The summed E-state index contributed by atoms with van der Waals surface area (Å²) >= 11 is 0. The van der Waals surface area contributed by atoms with Crippen molar-refractivity contribution in [1.82, 2.24) is 10.2 Å². The van der Waals surface area contributed by atoms with Gasteiger partial charge in [0.1, 0.15) is 5.82 Å². The number of alkyl halides is 2. The molecule has 1 aliphatic heterocycles. The molecule has 1 aromatic rings. The molecule has 17 heavy (non-hydrogen) atoms. The van der Waals surface area contributed by atoms with Gasteiger partial charge in [-0.15, -0.1) is 0 Å². The molecule has 94 valence electrons. The van der Waals surface area contributed by atoms with Gasteiger partial charge in [-0.25, -0.2) is 4.39 Å². The van der Waals surface area contributed by atoms with Crippen molar-refractivity contribution in [3.8, 4) is 0 Å². The van der Waals surface area contributed by atoms with E-state index in [-0.39, 0.29) is 0 Å². The standard InChI is InChI=1S/C12H15F3N2/c13-11-4-2-1-3-10(11)12(14,15)9-17-7-5-16-6-8-17/h1-4,16H,5-9H2. The second kappa shape index (κ2) is 5.06. The molecule has 1 saturated heterocycles. The summed E-state index contributed by atoms with van der Waals surface area (Å²) in [4.78, 5) is 1.66. The highest BCUT2D eigenvalue weighted by atomic mass is 19.3. The first-order valence-corrected chi connectivity index (χ1v) is 5.65. The number of hydrogen-bond donors (Lipinski definition) is 1. The summed E-state index contributed by atoms with van der Waals surface area (Å²) in [6.07, 6.45) is 0. The van der Waals surface area contributed by atoms with Crippen LogP contribution in [-0.4, -0.2) is 37.6 Å². The third-order valence-corrected chi connectivity index (χ3v) is 2.90. The maximum atomic E-state index is 13.9. The largest absolute Gasteiger partial charge is 0.314 e. The van der Waals surface area contributed by atoms with Gasteiger partial charge in [0.2, 0.25) is 0 Å². The first-order chi connectivity index (χ1) is 8.09. The SMILES string of the molecule is Fc1ccccc1C(F)(F)CN1CCNCC1. The van der Waals surface area contributed by atoms with E-state index in [0.717, 1.165) is 12.1 Å². The van der Waals surface area contributed by atoms with Gasteiger partial charge in [-0.3, -0.25) is 4.90 Å². The molecule has 0 aromatic heterocycles. The second-order valence-corrected chi connectivity index (χ2v) is 4.21. The molecule has 5 heteroatoms. The maximum absolute atomic E-state index is 13.9. The normalized spacial score (nSPS) is 18.3. The van der Waals surface area contributed by atoms with Gasteiger partial charge in [0.05, 0.1) is 12.1 Å². The Morgan fingerprint density at radius 2 is 1.82 bits per heavy atom. The van der Waals surface area contributed by atoms with Gasteiger partial charge >= 0.3 is 0 Å². The lowest BCUT2D eigenvalue weighted by atomic mass is 10.1. The summed E-state index contributed by atoms with van der Waals surface area (Å²) in [5, 5.41) is 3.09. The van der Waals surface area contributed by atoms with Crippen molar-refractivity contribution in [1.29, 1.82) is 0 Å². The summed E-state index contributed by atoms with van der Waals surface area (Å²) in [5.41, 5.74) is -0.515. The average molecular weight is 244 g/mol. The molecule has 1 N–H and O–H groups in total. The molecule has 0 spiro atoms. The number of benzene rings is 1. The Hall–Kier alpha value is -1.07. The van der Waals surface area contributed by atoms with Crippen molar-refractivity contribution >= 4 is 0 Å². The summed E-state index contributed by atoms with van der Waals surface area (Å²) < 4.78 is 41.1. The highest BCUT2D eigenvalue weighted by Crippen LogP contribution is 2.30. The molecule has 0 unspecified atom stereocenters. The van der Waals surface area contributed by atoms with E-state index in [1.54, 1.807) is 4.90 Å². The molecule has 0 saturated carbocycles. The van der Waals surface area contributed by atoms with Gasteiger partial charge in [-0.2, -0.15) is 8.78 Å². The number of piperazine rings is 1. The van der Waals surface area contributed by atoms with E-state index >= 15 is 0 Å². The van der Waals surface area contributed by atoms with Gasteiger partial charge < -0.3 is 5.32 Å². The fourth-order valence-corrected chi connectivity index (χ4v) is 1.99. The smallest absolute Gasteiger partial charge is 0.288 e. The predicted molar refractivity (Wildman–Crippen MR) is 59.6 cm³/mol. The fourth-order valence-electron chi connectivity index (χ4n) is 1.99. The average Bonchev–Trinajstić information content (AvgIpc) is 2.30. The molecular weight excluding hydrogens is 229 g/mol. The molecule has 0 amide bonds. The minimum Gasteiger partial charge on any atom is -0.314 e. The lowest BCUT2D eigenvalue weighted by Crippen LogP contribution is -2.47. The van der Waals surface area contributed by atoms with E-state index in [9.17, 15) is 13.2 Å². The van der Waals surface area contributed by atoms with Crippen LogP contribution >= 0.6 is 0 Å². The third-order valence-electron chi connectivity index (χ3n) is 2.90. The Kier molecular flexibility index (Phi) is 3.69. The van der Waals surface area contributed by atoms with Crippen LogP contribution in [0.4, 0.5) is 13.2 Å². The number of nitrogens with one attached hydrogen (secondary N) is 1. The van der Waals surface area contributed by atoms with Crippen LogP contribution in [0.25, 0.3) is 0 Å². The highest BCUT2D eigenvalue weighted by Gasteiger charge is 2.36. The van der Waals surface area contributed by atoms with E-state index in [1.165, 1.54) is 12.1 Å². The maximum Gasteiger partial charge on any atom is 0.288 e. The van der Waals surface area contributed by atoms with E-state index in [1.807, 2.05) is 0 Å². The third kappa shape index (κ3) is 2.98. The minimum atomic E-state index is -3.14. The summed E-state index contributed by atoms with van der Waals surface area (Å²) in [5.74, 6) is -3.98. The van der Waals surface area contributed by atoms with E-state index in [0.29, 0.717) is 26.2 Å². The van der Waals surface area contributed by atoms with Gasteiger partial charge in [0, 0.05) is 26.2 Å². The monoisotopic (exact) mass is 244 g/mol. The molecule has 2 nitrogen and oxygen atoms in total. The molecule has 1 aromatic carbocycles. The van der Waals surface area contributed by atoms with Crippen molar-refractivity contribution in [2.75, 3.05) is 32.7 Å². The first-order valence-electron chi connectivity index (χ1n) is 5.65.